The van der Waals surface area contributed by atoms with Crippen molar-refractivity contribution in [2.24, 2.45) is 5.92 Å². The number of hydrogen-bond acceptors (Lipinski definition) is 4. The molecule has 1 aliphatic heterocycles. The summed E-state index contributed by atoms with van der Waals surface area (Å²) in [5, 5.41) is 2.91. The maximum atomic E-state index is 12.5. The first-order valence-electron chi connectivity index (χ1n) is 8.08. The van der Waals surface area contributed by atoms with Crippen LogP contribution in [0.25, 0.3) is 0 Å². The lowest BCUT2D eigenvalue weighted by Crippen LogP contribution is -2.62. The molecular weight excluding hydrogens is 313 g/mol. The highest BCUT2D eigenvalue weighted by molar-refractivity contribution is 5.79. The first-order valence-corrected chi connectivity index (χ1v) is 8.08. The molecule has 0 bridgehead atoms. The predicted molar refractivity (Wildman–Crippen MR) is 78.0 cm³/mol. The largest absolute Gasteiger partial charge is 0.401 e. The Balaban J connectivity index is 1.81. The van der Waals surface area contributed by atoms with Crippen LogP contribution >= 0.6 is 0 Å². The summed E-state index contributed by atoms with van der Waals surface area (Å²) in [5.74, 6) is -0.575. The third-order valence-corrected chi connectivity index (χ3v) is 4.51. The fourth-order valence-corrected chi connectivity index (χ4v) is 3.38. The van der Waals surface area contributed by atoms with Crippen molar-refractivity contribution in [3.63, 3.8) is 0 Å². The van der Waals surface area contributed by atoms with Crippen LogP contribution in [-0.4, -0.2) is 68.6 Å². The summed E-state index contributed by atoms with van der Waals surface area (Å²) in [6.45, 7) is 2.08. The zero-order chi connectivity index (χ0) is 17.0. The second-order valence-corrected chi connectivity index (χ2v) is 6.23. The van der Waals surface area contributed by atoms with Gasteiger partial charge in [0.2, 0.25) is 5.91 Å². The van der Waals surface area contributed by atoms with E-state index >= 15 is 0 Å². The summed E-state index contributed by atoms with van der Waals surface area (Å²) < 4.78 is 48.3. The van der Waals surface area contributed by atoms with Crippen molar-refractivity contribution in [1.82, 2.24) is 10.2 Å². The van der Waals surface area contributed by atoms with Crippen LogP contribution in [0.2, 0.25) is 0 Å². The second kappa shape index (κ2) is 7.81. The van der Waals surface area contributed by atoms with Crippen molar-refractivity contribution in [3.05, 3.63) is 0 Å². The van der Waals surface area contributed by atoms with Gasteiger partial charge in [0, 0.05) is 20.3 Å². The minimum Gasteiger partial charge on any atom is -0.377 e. The highest BCUT2D eigenvalue weighted by Crippen LogP contribution is 2.28. The van der Waals surface area contributed by atoms with Gasteiger partial charge in [-0.25, -0.2) is 0 Å². The molecule has 0 aromatic heterocycles. The van der Waals surface area contributed by atoms with E-state index in [2.05, 4.69) is 5.32 Å². The fourth-order valence-electron chi connectivity index (χ4n) is 3.38. The van der Waals surface area contributed by atoms with Crippen LogP contribution in [0.5, 0.6) is 0 Å². The molecule has 0 spiro atoms. The Bertz CT molecular complexity index is 406. The molecule has 134 valence electrons. The number of carbonyl (C=O) groups excluding carboxylic acids is 1. The quantitative estimate of drug-likeness (QED) is 0.799. The number of methoxy groups -OCH3 is 1. The van der Waals surface area contributed by atoms with Crippen molar-refractivity contribution >= 4 is 5.91 Å². The lowest BCUT2D eigenvalue weighted by Gasteiger charge is -2.44. The van der Waals surface area contributed by atoms with Crippen LogP contribution in [0.1, 0.15) is 26.2 Å². The van der Waals surface area contributed by atoms with E-state index < -0.39 is 18.6 Å². The zero-order valence-corrected chi connectivity index (χ0v) is 13.6. The van der Waals surface area contributed by atoms with E-state index in [-0.39, 0.29) is 30.7 Å². The summed E-state index contributed by atoms with van der Waals surface area (Å²) in [6, 6.07) is -0.123. The van der Waals surface area contributed by atoms with Crippen molar-refractivity contribution < 1.29 is 27.4 Å². The van der Waals surface area contributed by atoms with Crippen LogP contribution in [0.4, 0.5) is 13.2 Å². The van der Waals surface area contributed by atoms with E-state index in [4.69, 9.17) is 9.47 Å². The van der Waals surface area contributed by atoms with Crippen LogP contribution in [0.15, 0.2) is 0 Å². The van der Waals surface area contributed by atoms with Gasteiger partial charge in [0.15, 0.2) is 0 Å². The second-order valence-electron chi connectivity index (χ2n) is 6.23. The number of halogens is 3. The third-order valence-electron chi connectivity index (χ3n) is 4.51. The van der Waals surface area contributed by atoms with Gasteiger partial charge in [0.25, 0.3) is 0 Å². The van der Waals surface area contributed by atoms with Crippen molar-refractivity contribution in [2.75, 3.05) is 33.4 Å². The van der Waals surface area contributed by atoms with Gasteiger partial charge in [-0.2, -0.15) is 13.2 Å². The molecule has 0 aromatic carbocycles. The van der Waals surface area contributed by atoms with E-state index in [0.29, 0.717) is 32.4 Å². The minimum atomic E-state index is -4.22. The normalized spacial score (nSPS) is 32.4. The minimum absolute atomic E-state index is 0.0246. The summed E-state index contributed by atoms with van der Waals surface area (Å²) in [7, 11) is 1.57. The van der Waals surface area contributed by atoms with Crippen LogP contribution < -0.4 is 5.32 Å². The lowest BCUT2D eigenvalue weighted by atomic mass is 9.84. The van der Waals surface area contributed by atoms with Gasteiger partial charge in [-0.3, -0.25) is 9.69 Å². The monoisotopic (exact) mass is 338 g/mol. The molecule has 1 amide bonds. The smallest absolute Gasteiger partial charge is 0.377 e. The van der Waals surface area contributed by atoms with Crippen molar-refractivity contribution in [2.45, 2.75) is 50.6 Å². The van der Waals surface area contributed by atoms with Gasteiger partial charge in [-0.05, 0) is 32.7 Å². The first kappa shape index (κ1) is 18.5. The van der Waals surface area contributed by atoms with Gasteiger partial charge in [0.1, 0.15) is 6.10 Å². The molecule has 0 aromatic rings. The number of nitrogens with one attached hydrogen (secondary N) is 1. The zero-order valence-electron chi connectivity index (χ0n) is 13.6. The molecule has 4 atom stereocenters. The fraction of sp³-hybridized carbons (Fsp3) is 0.933. The maximum Gasteiger partial charge on any atom is 0.401 e. The van der Waals surface area contributed by atoms with Gasteiger partial charge in [-0.1, -0.05) is 0 Å². The molecule has 1 saturated carbocycles. The molecule has 1 N–H and O–H groups in total. The van der Waals surface area contributed by atoms with Gasteiger partial charge >= 0.3 is 6.18 Å². The summed E-state index contributed by atoms with van der Waals surface area (Å²) in [4.78, 5) is 13.6. The molecule has 5 nitrogen and oxygen atoms in total. The Morgan fingerprint density at radius 2 is 2.13 bits per heavy atom. The summed E-state index contributed by atoms with van der Waals surface area (Å²) in [5.41, 5.74) is 0. The number of likely N-dealkylation sites (tertiary alicyclic amines) is 1. The number of alkyl halides is 3. The van der Waals surface area contributed by atoms with E-state index in [1.807, 2.05) is 6.92 Å². The summed E-state index contributed by atoms with van der Waals surface area (Å²) >= 11 is 0. The molecule has 1 aliphatic carbocycles. The number of rotatable bonds is 6. The molecule has 23 heavy (non-hydrogen) atoms. The Kier molecular flexibility index (Phi) is 6.27. The van der Waals surface area contributed by atoms with E-state index in [1.165, 1.54) is 4.90 Å². The number of ether oxygens (including phenoxy) is 2. The Labute approximate surface area is 134 Å². The topological polar surface area (TPSA) is 50.8 Å². The average Bonchev–Trinajstić information content (AvgIpc) is 2.44. The van der Waals surface area contributed by atoms with E-state index in [1.54, 1.807) is 7.11 Å². The standard InChI is InChI=1S/C15H25F3N2O3/c1-3-23-12-7-11(13(12)22-2)19-14(21)10-5-4-6-20(8-10)9-15(16,17)18/h10-13H,3-9H2,1-2H3,(H,19,21)/t10-,11+,12-,13-/m1/s1. The lowest BCUT2D eigenvalue weighted by molar-refractivity contribution is -0.155. The molecule has 2 rings (SSSR count). The third kappa shape index (κ3) is 5.06. The molecule has 1 heterocycles. The molecule has 2 fully saturated rings. The van der Waals surface area contributed by atoms with E-state index in [0.717, 1.165) is 0 Å². The molecule has 0 unspecified atom stereocenters. The number of piperidine rings is 1. The predicted octanol–water partition coefficient (Wildman–Crippen LogP) is 1.57. The maximum absolute atomic E-state index is 12.5. The summed E-state index contributed by atoms with van der Waals surface area (Å²) in [6.07, 6.45) is -2.53. The van der Waals surface area contributed by atoms with Crippen LogP contribution in [0.3, 0.4) is 0 Å². The van der Waals surface area contributed by atoms with Crippen LogP contribution in [-0.2, 0) is 14.3 Å². The van der Waals surface area contributed by atoms with Crippen molar-refractivity contribution in [3.8, 4) is 0 Å². The van der Waals surface area contributed by atoms with Crippen molar-refractivity contribution in [1.29, 1.82) is 0 Å². The molecule has 2 aliphatic rings. The highest BCUT2D eigenvalue weighted by Gasteiger charge is 2.44. The van der Waals surface area contributed by atoms with E-state index in [9.17, 15) is 18.0 Å². The Hall–Kier alpha value is -0.860. The SMILES string of the molecule is CCO[C@@H]1C[C@H](NC(=O)[C@@H]2CCCN(CC(F)(F)F)C2)[C@H]1OC. The molecule has 8 heteroatoms. The number of carbonyl (C=O) groups is 1. The van der Waals surface area contributed by atoms with Gasteiger partial charge < -0.3 is 14.8 Å². The van der Waals surface area contributed by atoms with Gasteiger partial charge in [0.05, 0.1) is 24.6 Å². The molecular formula is C15H25F3N2O3. The molecule has 0 radical (unpaired) electrons. The highest BCUT2D eigenvalue weighted by atomic mass is 19.4. The molecule has 1 saturated heterocycles. The number of nitrogens with zero attached hydrogens (tertiary/aromatic N) is 1. The van der Waals surface area contributed by atoms with Crippen LogP contribution in [0, 0.1) is 5.92 Å². The Morgan fingerprint density at radius 1 is 1.39 bits per heavy atom. The number of hydrogen-bond donors (Lipinski definition) is 1. The number of amides is 1. The average molecular weight is 338 g/mol. The first-order chi connectivity index (χ1) is 10.8. The van der Waals surface area contributed by atoms with Gasteiger partial charge in [-0.15, -0.1) is 0 Å². The Morgan fingerprint density at radius 3 is 2.74 bits per heavy atom.